The summed E-state index contributed by atoms with van der Waals surface area (Å²) in [6, 6.07) is 0.746. The van der Waals surface area contributed by atoms with Gasteiger partial charge in [-0.2, -0.15) is 0 Å². The lowest BCUT2D eigenvalue weighted by molar-refractivity contribution is 0.367. The summed E-state index contributed by atoms with van der Waals surface area (Å²) in [5.74, 6) is 0.759. The highest BCUT2D eigenvalue weighted by atomic mass is 14.9. The van der Waals surface area contributed by atoms with Crippen LogP contribution in [0.5, 0.6) is 0 Å². The average molecular weight is 243 g/mol. The second kappa shape index (κ2) is 7.38. The fourth-order valence-corrected chi connectivity index (χ4v) is 2.99. The minimum absolute atomic E-state index is 0.746. The van der Waals surface area contributed by atoms with Crippen LogP contribution in [0.2, 0.25) is 0 Å². The molecule has 1 nitrogen and oxygen atoms in total. The maximum atomic E-state index is 3.44. The maximum absolute atomic E-state index is 3.44. The predicted octanol–water partition coefficient (Wildman–Crippen LogP) is 4.15. The van der Waals surface area contributed by atoms with Crippen molar-refractivity contribution in [2.45, 2.75) is 44.6 Å². The fraction of sp³-hybridized carbons (Fsp3) is 0.529. The van der Waals surface area contributed by atoms with Gasteiger partial charge < -0.3 is 5.32 Å². The van der Waals surface area contributed by atoms with Gasteiger partial charge in [0.15, 0.2) is 0 Å². The Bertz CT molecular complexity index is 350. The first-order valence-electron chi connectivity index (χ1n) is 7.29. The first-order valence-corrected chi connectivity index (χ1v) is 7.29. The Morgan fingerprint density at radius 3 is 2.28 bits per heavy atom. The van der Waals surface area contributed by atoms with Crippen molar-refractivity contribution in [1.29, 1.82) is 0 Å². The zero-order valence-corrected chi connectivity index (χ0v) is 11.4. The van der Waals surface area contributed by atoms with E-state index in [2.05, 4.69) is 54.9 Å². The third-order valence-corrected chi connectivity index (χ3v) is 4.11. The molecular formula is C17H25N. The third kappa shape index (κ3) is 3.99. The molecule has 1 N–H and O–H groups in total. The summed E-state index contributed by atoms with van der Waals surface area (Å²) in [5, 5.41) is 3.44. The van der Waals surface area contributed by atoms with E-state index in [1.807, 2.05) is 0 Å². The molecule has 1 heteroatoms. The van der Waals surface area contributed by atoms with Gasteiger partial charge in [0.1, 0.15) is 0 Å². The Morgan fingerprint density at radius 2 is 1.56 bits per heavy atom. The molecule has 0 unspecified atom stereocenters. The molecule has 0 saturated heterocycles. The summed E-state index contributed by atoms with van der Waals surface area (Å²) in [4.78, 5) is 0. The van der Waals surface area contributed by atoms with Gasteiger partial charge >= 0.3 is 0 Å². The quantitative estimate of drug-likeness (QED) is 0.768. The lowest BCUT2D eigenvalue weighted by Crippen LogP contribution is -2.26. The summed E-state index contributed by atoms with van der Waals surface area (Å²) >= 11 is 0. The van der Waals surface area contributed by atoms with Crippen molar-refractivity contribution in [3.8, 4) is 0 Å². The summed E-state index contributed by atoms with van der Waals surface area (Å²) in [7, 11) is 2.10. The normalized spacial score (nSPS) is 32.6. The Kier molecular flexibility index (Phi) is 5.47. The minimum Gasteiger partial charge on any atom is -0.317 e. The van der Waals surface area contributed by atoms with E-state index in [9.17, 15) is 0 Å². The number of hydrogen-bond acceptors (Lipinski definition) is 1. The molecule has 0 spiro atoms. The monoisotopic (exact) mass is 243 g/mol. The molecule has 0 aromatic heterocycles. The number of allylic oxidation sites excluding steroid dienone is 8. The van der Waals surface area contributed by atoms with Crippen molar-refractivity contribution in [3.63, 3.8) is 0 Å². The molecule has 98 valence electrons. The van der Waals surface area contributed by atoms with Gasteiger partial charge in [0, 0.05) is 6.04 Å². The zero-order chi connectivity index (χ0) is 12.6. The van der Waals surface area contributed by atoms with Crippen LogP contribution in [-0.4, -0.2) is 13.1 Å². The Labute approximate surface area is 111 Å². The van der Waals surface area contributed by atoms with Crippen LogP contribution in [0.3, 0.4) is 0 Å². The molecule has 0 aromatic carbocycles. The lowest BCUT2D eigenvalue weighted by Gasteiger charge is -2.25. The van der Waals surface area contributed by atoms with Crippen LogP contribution in [0.25, 0.3) is 0 Å². The number of rotatable bonds is 2. The van der Waals surface area contributed by atoms with Crippen LogP contribution in [0.1, 0.15) is 38.5 Å². The molecule has 2 rings (SSSR count). The molecule has 0 aromatic rings. The van der Waals surface area contributed by atoms with Crippen molar-refractivity contribution in [2.75, 3.05) is 7.05 Å². The molecule has 2 aliphatic carbocycles. The summed E-state index contributed by atoms with van der Waals surface area (Å²) in [5.41, 5.74) is 1.51. The van der Waals surface area contributed by atoms with Crippen molar-refractivity contribution < 1.29 is 0 Å². The van der Waals surface area contributed by atoms with Crippen molar-refractivity contribution in [3.05, 3.63) is 48.1 Å². The van der Waals surface area contributed by atoms with E-state index in [-0.39, 0.29) is 0 Å². The molecule has 18 heavy (non-hydrogen) atoms. The molecular weight excluding hydrogens is 218 g/mol. The highest BCUT2D eigenvalue weighted by Gasteiger charge is 2.17. The topological polar surface area (TPSA) is 12.0 Å². The highest BCUT2D eigenvalue weighted by molar-refractivity contribution is 5.32. The van der Waals surface area contributed by atoms with Gasteiger partial charge in [-0.1, -0.05) is 55.4 Å². The van der Waals surface area contributed by atoms with Gasteiger partial charge in [0.2, 0.25) is 0 Å². The molecule has 0 aliphatic heterocycles. The van der Waals surface area contributed by atoms with Gasteiger partial charge in [-0.3, -0.25) is 0 Å². The molecule has 0 amide bonds. The Morgan fingerprint density at radius 1 is 0.889 bits per heavy atom. The van der Waals surface area contributed by atoms with Crippen molar-refractivity contribution in [1.82, 2.24) is 5.32 Å². The number of nitrogens with one attached hydrogen (secondary N) is 1. The lowest BCUT2D eigenvalue weighted by atomic mass is 9.84. The third-order valence-electron chi connectivity index (χ3n) is 4.11. The molecule has 0 heterocycles. The Balaban J connectivity index is 1.96. The van der Waals surface area contributed by atoms with Crippen LogP contribution in [0.4, 0.5) is 0 Å². The first-order chi connectivity index (χ1) is 8.90. The maximum Gasteiger partial charge on any atom is 0.00640 e. The predicted molar refractivity (Wildman–Crippen MR) is 79.5 cm³/mol. The van der Waals surface area contributed by atoms with Crippen LogP contribution >= 0.6 is 0 Å². The van der Waals surface area contributed by atoms with Crippen LogP contribution in [-0.2, 0) is 0 Å². The zero-order valence-electron chi connectivity index (χ0n) is 11.4. The Hall–Kier alpha value is -1.08. The van der Waals surface area contributed by atoms with E-state index in [1.54, 1.807) is 0 Å². The fourth-order valence-electron chi connectivity index (χ4n) is 2.99. The summed E-state index contributed by atoms with van der Waals surface area (Å²) in [6.07, 6.45) is 23.3. The molecule has 1 saturated carbocycles. The SMILES string of the molecule is CNC1CCCC(C2=C/C=C\C=C/C=C2)CCC1. The van der Waals surface area contributed by atoms with E-state index >= 15 is 0 Å². The summed E-state index contributed by atoms with van der Waals surface area (Å²) < 4.78 is 0. The molecule has 2 aliphatic rings. The van der Waals surface area contributed by atoms with Gasteiger partial charge in [0.05, 0.1) is 0 Å². The van der Waals surface area contributed by atoms with Crippen molar-refractivity contribution in [2.24, 2.45) is 5.92 Å². The van der Waals surface area contributed by atoms with Crippen LogP contribution in [0, 0.1) is 5.92 Å². The van der Waals surface area contributed by atoms with E-state index < -0.39 is 0 Å². The summed E-state index contributed by atoms with van der Waals surface area (Å²) in [6.45, 7) is 0. The smallest absolute Gasteiger partial charge is 0.00640 e. The number of hydrogen-bond donors (Lipinski definition) is 1. The molecule has 1 fully saturated rings. The standard InChI is InChI=1S/C17H25N/c1-18-17-13-7-11-16(12-8-14-17)15-9-5-3-2-4-6-10-15/h2-6,9-10,16-18H,7-8,11-14H2,1H3/b3-2-,4-2?,5-3?,6-4-,9-5?,10-6?,15-9?,15-10?. The largest absolute Gasteiger partial charge is 0.317 e. The van der Waals surface area contributed by atoms with Crippen LogP contribution in [0.15, 0.2) is 48.1 Å². The van der Waals surface area contributed by atoms with Crippen LogP contribution < -0.4 is 5.32 Å². The average Bonchev–Trinajstić information content (AvgIpc) is 2.30. The first kappa shape index (κ1) is 13.4. The molecule has 0 atom stereocenters. The second-order valence-corrected chi connectivity index (χ2v) is 5.34. The minimum atomic E-state index is 0.746. The van der Waals surface area contributed by atoms with Gasteiger partial charge in [-0.25, -0.2) is 0 Å². The molecule has 0 radical (unpaired) electrons. The van der Waals surface area contributed by atoms with Gasteiger partial charge in [-0.15, -0.1) is 0 Å². The van der Waals surface area contributed by atoms with Gasteiger partial charge in [-0.05, 0) is 44.2 Å². The molecule has 0 bridgehead atoms. The van der Waals surface area contributed by atoms with Crippen molar-refractivity contribution >= 4 is 0 Å². The van der Waals surface area contributed by atoms with Gasteiger partial charge in [0.25, 0.3) is 0 Å². The van der Waals surface area contributed by atoms with E-state index in [4.69, 9.17) is 0 Å². The highest BCUT2D eigenvalue weighted by Crippen LogP contribution is 2.29. The van der Waals surface area contributed by atoms with E-state index in [1.165, 1.54) is 44.1 Å². The second-order valence-electron chi connectivity index (χ2n) is 5.34. The van der Waals surface area contributed by atoms with E-state index in [0.717, 1.165) is 12.0 Å². The van der Waals surface area contributed by atoms with E-state index in [0.29, 0.717) is 0 Å².